The lowest BCUT2D eigenvalue weighted by atomic mass is 10.1. The first-order chi connectivity index (χ1) is 14.1. The summed E-state index contributed by atoms with van der Waals surface area (Å²) in [7, 11) is 0. The van der Waals surface area contributed by atoms with E-state index < -0.39 is 0 Å². The van der Waals surface area contributed by atoms with Crippen LogP contribution in [-0.4, -0.2) is 65.7 Å². The van der Waals surface area contributed by atoms with Gasteiger partial charge in [-0.3, -0.25) is 4.79 Å². The molecule has 3 amide bonds. The highest BCUT2D eigenvalue weighted by atomic mass is 19.1. The Bertz CT molecular complexity index is 965. The van der Waals surface area contributed by atoms with E-state index in [1.54, 1.807) is 40.1 Å². The van der Waals surface area contributed by atoms with Crippen molar-refractivity contribution in [2.45, 2.75) is 12.6 Å². The summed E-state index contributed by atoms with van der Waals surface area (Å²) in [5.41, 5.74) is 1.43. The number of nitrogens with zero attached hydrogens (tertiary/aromatic N) is 3. The molecular formula is C21H20FN3O4. The van der Waals surface area contributed by atoms with Crippen molar-refractivity contribution in [3.63, 3.8) is 0 Å². The van der Waals surface area contributed by atoms with Gasteiger partial charge in [0, 0.05) is 38.3 Å². The molecule has 0 N–H and O–H groups in total. The Kier molecular flexibility index (Phi) is 4.26. The van der Waals surface area contributed by atoms with Crippen molar-refractivity contribution < 1.29 is 23.5 Å². The van der Waals surface area contributed by atoms with Crippen LogP contribution >= 0.6 is 0 Å². The Hall–Kier alpha value is -3.29. The molecule has 5 rings (SSSR count). The van der Waals surface area contributed by atoms with Gasteiger partial charge in [-0.05, 0) is 35.9 Å². The van der Waals surface area contributed by atoms with Crippen LogP contribution in [0.15, 0.2) is 42.5 Å². The van der Waals surface area contributed by atoms with E-state index in [0.29, 0.717) is 49.8 Å². The molecule has 0 aliphatic carbocycles. The van der Waals surface area contributed by atoms with Crippen molar-refractivity contribution in [2.24, 2.45) is 0 Å². The molecule has 0 aromatic heterocycles. The third-order valence-electron chi connectivity index (χ3n) is 5.62. The fourth-order valence-electron chi connectivity index (χ4n) is 4.12. The van der Waals surface area contributed by atoms with Gasteiger partial charge in [-0.25, -0.2) is 9.18 Å². The monoisotopic (exact) mass is 397 g/mol. The molecule has 8 heteroatoms. The first kappa shape index (κ1) is 17.8. The Labute approximate surface area is 167 Å². The number of hydrogen-bond acceptors (Lipinski definition) is 4. The van der Waals surface area contributed by atoms with Gasteiger partial charge in [0.05, 0.1) is 6.04 Å². The minimum absolute atomic E-state index is 0.0329. The molecule has 3 heterocycles. The van der Waals surface area contributed by atoms with Gasteiger partial charge in [-0.15, -0.1) is 0 Å². The number of amides is 3. The van der Waals surface area contributed by atoms with Crippen LogP contribution in [0.2, 0.25) is 0 Å². The largest absolute Gasteiger partial charge is 0.454 e. The molecule has 0 saturated carbocycles. The van der Waals surface area contributed by atoms with Crippen molar-refractivity contribution in [1.29, 1.82) is 0 Å². The van der Waals surface area contributed by atoms with Gasteiger partial charge in [0.15, 0.2) is 11.5 Å². The molecular weight excluding hydrogens is 377 g/mol. The second-order valence-electron chi connectivity index (χ2n) is 7.46. The van der Waals surface area contributed by atoms with E-state index in [9.17, 15) is 14.0 Å². The summed E-state index contributed by atoms with van der Waals surface area (Å²) in [6, 6.07) is 11.3. The zero-order chi connectivity index (χ0) is 20.0. The Morgan fingerprint density at radius 3 is 2.66 bits per heavy atom. The molecule has 1 atom stereocenters. The molecule has 29 heavy (non-hydrogen) atoms. The minimum Gasteiger partial charge on any atom is -0.454 e. The maximum Gasteiger partial charge on any atom is 0.320 e. The zero-order valence-corrected chi connectivity index (χ0v) is 15.7. The van der Waals surface area contributed by atoms with Gasteiger partial charge in [0.1, 0.15) is 5.82 Å². The standard InChI is InChI=1S/C21H20FN3O4/c22-16-4-1-14(2-5-16)10-24-12-17-11-23(7-8-25(17)21(24)27)20(26)15-3-6-18-19(9-15)29-13-28-18/h1-6,9,17H,7-8,10-13H2. The molecule has 3 aliphatic rings. The lowest BCUT2D eigenvalue weighted by Gasteiger charge is -2.36. The summed E-state index contributed by atoms with van der Waals surface area (Å²) in [5.74, 6) is 0.851. The van der Waals surface area contributed by atoms with E-state index in [-0.39, 0.29) is 30.6 Å². The van der Waals surface area contributed by atoms with Gasteiger partial charge in [0.2, 0.25) is 6.79 Å². The fraction of sp³-hybridized carbons (Fsp3) is 0.333. The molecule has 150 valence electrons. The van der Waals surface area contributed by atoms with E-state index >= 15 is 0 Å². The molecule has 2 aromatic rings. The zero-order valence-electron chi connectivity index (χ0n) is 15.7. The first-order valence-corrected chi connectivity index (χ1v) is 9.57. The number of urea groups is 1. The van der Waals surface area contributed by atoms with Gasteiger partial charge < -0.3 is 24.2 Å². The number of rotatable bonds is 3. The van der Waals surface area contributed by atoms with Crippen molar-refractivity contribution in [3.8, 4) is 11.5 Å². The molecule has 3 aliphatic heterocycles. The van der Waals surface area contributed by atoms with Gasteiger partial charge in [-0.2, -0.15) is 0 Å². The van der Waals surface area contributed by atoms with E-state index in [1.807, 2.05) is 4.90 Å². The van der Waals surface area contributed by atoms with Crippen LogP contribution in [0.25, 0.3) is 0 Å². The van der Waals surface area contributed by atoms with Gasteiger partial charge >= 0.3 is 6.03 Å². The summed E-state index contributed by atoms with van der Waals surface area (Å²) in [5, 5.41) is 0. The van der Waals surface area contributed by atoms with Crippen LogP contribution in [0, 0.1) is 5.82 Å². The number of carbonyl (C=O) groups is 2. The number of piperazine rings is 1. The summed E-state index contributed by atoms with van der Waals surface area (Å²) < 4.78 is 23.8. The quantitative estimate of drug-likeness (QED) is 0.798. The Balaban J connectivity index is 1.26. The van der Waals surface area contributed by atoms with Crippen LogP contribution in [0.1, 0.15) is 15.9 Å². The van der Waals surface area contributed by atoms with Crippen molar-refractivity contribution in [1.82, 2.24) is 14.7 Å². The molecule has 7 nitrogen and oxygen atoms in total. The third-order valence-corrected chi connectivity index (χ3v) is 5.62. The minimum atomic E-state index is -0.295. The maximum absolute atomic E-state index is 13.1. The number of halogens is 1. The summed E-state index contributed by atoms with van der Waals surface area (Å²) in [6.45, 7) is 2.61. The van der Waals surface area contributed by atoms with E-state index in [2.05, 4.69) is 0 Å². The van der Waals surface area contributed by atoms with Gasteiger partial charge in [-0.1, -0.05) is 12.1 Å². The average Bonchev–Trinajstić information content (AvgIpc) is 3.33. The van der Waals surface area contributed by atoms with Crippen molar-refractivity contribution in [3.05, 3.63) is 59.4 Å². The molecule has 2 aromatic carbocycles. The number of benzene rings is 2. The summed E-state index contributed by atoms with van der Waals surface area (Å²) in [4.78, 5) is 31.0. The second kappa shape index (κ2) is 6.95. The predicted molar refractivity (Wildman–Crippen MR) is 101 cm³/mol. The number of ether oxygens (including phenoxy) is 2. The van der Waals surface area contributed by atoms with Crippen LogP contribution < -0.4 is 9.47 Å². The van der Waals surface area contributed by atoms with Gasteiger partial charge in [0.25, 0.3) is 5.91 Å². The highest BCUT2D eigenvalue weighted by Crippen LogP contribution is 2.33. The highest BCUT2D eigenvalue weighted by molar-refractivity contribution is 5.95. The molecule has 2 saturated heterocycles. The van der Waals surface area contributed by atoms with Crippen LogP contribution in [0.3, 0.4) is 0 Å². The molecule has 0 spiro atoms. The first-order valence-electron chi connectivity index (χ1n) is 9.57. The normalized spacial score (nSPS) is 20.2. The molecule has 1 unspecified atom stereocenters. The van der Waals surface area contributed by atoms with Crippen LogP contribution in [0.4, 0.5) is 9.18 Å². The van der Waals surface area contributed by atoms with Crippen molar-refractivity contribution in [2.75, 3.05) is 33.0 Å². The molecule has 2 fully saturated rings. The third kappa shape index (κ3) is 3.24. The number of carbonyl (C=O) groups excluding carboxylic acids is 2. The predicted octanol–water partition coefficient (Wildman–Crippen LogP) is 2.32. The van der Waals surface area contributed by atoms with Crippen LogP contribution in [-0.2, 0) is 6.54 Å². The SMILES string of the molecule is O=C(c1ccc2c(c1)OCO2)N1CCN2C(=O)N(Cc3ccc(F)cc3)CC2C1. The lowest BCUT2D eigenvalue weighted by Crippen LogP contribution is -2.53. The van der Waals surface area contributed by atoms with E-state index in [1.165, 1.54) is 12.1 Å². The van der Waals surface area contributed by atoms with Crippen molar-refractivity contribution >= 4 is 11.9 Å². The lowest BCUT2D eigenvalue weighted by molar-refractivity contribution is 0.0616. The molecule has 0 radical (unpaired) electrons. The molecule has 0 bridgehead atoms. The topological polar surface area (TPSA) is 62.3 Å². The smallest absolute Gasteiger partial charge is 0.320 e. The average molecular weight is 397 g/mol. The number of hydrogen-bond donors (Lipinski definition) is 0. The maximum atomic E-state index is 13.1. The Morgan fingerprint density at radius 1 is 1.03 bits per heavy atom. The van der Waals surface area contributed by atoms with E-state index in [4.69, 9.17) is 9.47 Å². The fourth-order valence-corrected chi connectivity index (χ4v) is 4.12. The highest BCUT2D eigenvalue weighted by Gasteiger charge is 2.41. The number of fused-ring (bicyclic) bond motifs is 2. The van der Waals surface area contributed by atoms with Crippen LogP contribution in [0.5, 0.6) is 11.5 Å². The summed E-state index contributed by atoms with van der Waals surface area (Å²) >= 11 is 0. The van der Waals surface area contributed by atoms with E-state index in [0.717, 1.165) is 5.56 Å². The summed E-state index contributed by atoms with van der Waals surface area (Å²) in [6.07, 6.45) is 0. The second-order valence-corrected chi connectivity index (χ2v) is 7.46. The Morgan fingerprint density at radius 2 is 1.83 bits per heavy atom.